The van der Waals surface area contributed by atoms with Gasteiger partial charge in [-0.25, -0.2) is 0 Å². The van der Waals surface area contributed by atoms with Gasteiger partial charge < -0.3 is 18.9 Å². The minimum Gasteiger partial charge on any atom is -0.368 e. The smallest absolute Gasteiger partial charge is 0.190 e. The number of benzene rings is 1. The van der Waals surface area contributed by atoms with Crippen molar-refractivity contribution in [3.05, 3.63) is 34.9 Å². The van der Waals surface area contributed by atoms with Crippen LogP contribution in [-0.2, 0) is 25.6 Å². The van der Waals surface area contributed by atoms with Crippen molar-refractivity contribution in [3.8, 4) is 0 Å². The van der Waals surface area contributed by atoms with E-state index in [0.29, 0.717) is 12.5 Å². The summed E-state index contributed by atoms with van der Waals surface area (Å²) in [4.78, 5) is 0. The average molecular weight is 348 g/mol. The maximum Gasteiger partial charge on any atom is 0.190 e. The summed E-state index contributed by atoms with van der Waals surface area (Å²) >= 11 is 0. The zero-order valence-electron chi connectivity index (χ0n) is 16.4. The first kappa shape index (κ1) is 18.8. The molecule has 3 rings (SSSR count). The molecule has 2 fully saturated rings. The van der Waals surface area contributed by atoms with Crippen molar-refractivity contribution in [2.45, 2.75) is 91.4 Å². The highest BCUT2D eigenvalue weighted by atomic mass is 16.8. The van der Waals surface area contributed by atoms with Crippen LogP contribution in [-0.4, -0.2) is 30.4 Å². The van der Waals surface area contributed by atoms with E-state index >= 15 is 0 Å². The van der Waals surface area contributed by atoms with E-state index in [2.05, 4.69) is 52.8 Å². The summed E-state index contributed by atoms with van der Waals surface area (Å²) in [6, 6.07) is 6.36. The van der Waals surface area contributed by atoms with E-state index in [1.807, 2.05) is 6.92 Å². The number of fused-ring (bicyclic) bond motifs is 1. The normalized spacial score (nSPS) is 34.7. The van der Waals surface area contributed by atoms with Crippen LogP contribution in [0.4, 0.5) is 0 Å². The Hall–Kier alpha value is -0.940. The fourth-order valence-electron chi connectivity index (χ4n) is 3.75. The van der Waals surface area contributed by atoms with Crippen molar-refractivity contribution in [1.29, 1.82) is 0 Å². The Balaban J connectivity index is 1.75. The number of hydrogen-bond acceptors (Lipinski definition) is 4. The summed E-state index contributed by atoms with van der Waals surface area (Å²) in [6.45, 7) is 13.3. The van der Waals surface area contributed by atoms with Gasteiger partial charge in [0.25, 0.3) is 0 Å². The summed E-state index contributed by atoms with van der Waals surface area (Å²) in [5.74, 6) is -0.0362. The summed E-state index contributed by atoms with van der Waals surface area (Å²) in [7, 11) is 0. The lowest BCUT2D eigenvalue weighted by Gasteiger charge is -2.28. The Labute approximate surface area is 151 Å². The summed E-state index contributed by atoms with van der Waals surface area (Å²) < 4.78 is 24.8. The molecule has 0 amide bonds. The maximum atomic E-state index is 6.39. The Morgan fingerprint density at radius 1 is 1.16 bits per heavy atom. The van der Waals surface area contributed by atoms with Gasteiger partial charge in [-0.2, -0.15) is 0 Å². The van der Waals surface area contributed by atoms with Crippen molar-refractivity contribution >= 4 is 0 Å². The van der Waals surface area contributed by atoms with E-state index in [9.17, 15) is 0 Å². The second kappa shape index (κ2) is 7.36. The molecule has 0 radical (unpaired) electrons. The number of ether oxygens (including phenoxy) is 4. The molecule has 1 aromatic rings. The lowest BCUT2D eigenvalue weighted by Crippen LogP contribution is -2.38. The Bertz CT molecular complexity index is 579. The second-order valence-electron chi connectivity index (χ2n) is 8.01. The van der Waals surface area contributed by atoms with E-state index in [-0.39, 0.29) is 24.6 Å². The van der Waals surface area contributed by atoms with Gasteiger partial charge in [0.05, 0.1) is 12.7 Å². The van der Waals surface area contributed by atoms with Crippen LogP contribution in [0.3, 0.4) is 0 Å². The van der Waals surface area contributed by atoms with Gasteiger partial charge in [-0.15, -0.1) is 0 Å². The van der Waals surface area contributed by atoms with E-state index in [0.717, 1.165) is 12.8 Å². The molecule has 0 aromatic heterocycles. The fourth-order valence-corrected chi connectivity index (χ4v) is 3.75. The molecule has 4 nitrogen and oxygen atoms in total. The zero-order valence-corrected chi connectivity index (χ0v) is 16.4. The van der Waals surface area contributed by atoms with Crippen LogP contribution >= 0.6 is 0 Å². The predicted octanol–water partition coefficient (Wildman–Crippen LogP) is 4.50. The molecule has 1 aromatic carbocycles. The van der Waals surface area contributed by atoms with Crippen LogP contribution in [0, 0.1) is 19.8 Å². The van der Waals surface area contributed by atoms with E-state index in [4.69, 9.17) is 18.9 Å². The summed E-state index contributed by atoms with van der Waals surface area (Å²) in [6.07, 6.45) is 1.18. The monoisotopic (exact) mass is 348 g/mol. The molecule has 2 aliphatic rings. The number of rotatable bonds is 6. The van der Waals surface area contributed by atoms with Crippen LogP contribution in [0.2, 0.25) is 0 Å². The van der Waals surface area contributed by atoms with Crippen LogP contribution < -0.4 is 0 Å². The van der Waals surface area contributed by atoms with Gasteiger partial charge in [-0.1, -0.05) is 39.0 Å². The minimum absolute atomic E-state index is 0.0146. The standard InChI is InChI=1S/C21H32O4/c1-7-21(6)24-19-18(17(11-13(2)3)23-20(19)25-21)22-12-16-14(4)9-8-10-15(16)5/h8-10,13,17-20H,7,11-12H2,1-6H3/t17-,18+,19-,20-,21?/m1/s1. The molecule has 5 atom stereocenters. The molecule has 1 unspecified atom stereocenters. The molecule has 0 spiro atoms. The van der Waals surface area contributed by atoms with Crippen molar-refractivity contribution in [2.75, 3.05) is 0 Å². The van der Waals surface area contributed by atoms with Crippen LogP contribution in [0.15, 0.2) is 18.2 Å². The second-order valence-corrected chi connectivity index (χ2v) is 8.01. The third kappa shape index (κ3) is 3.92. The lowest BCUT2D eigenvalue weighted by atomic mass is 10.00. The van der Waals surface area contributed by atoms with Gasteiger partial charge >= 0.3 is 0 Å². The molecule has 2 saturated heterocycles. The van der Waals surface area contributed by atoms with Gasteiger partial charge in [-0.05, 0) is 56.2 Å². The zero-order chi connectivity index (χ0) is 18.2. The molecule has 4 heteroatoms. The van der Waals surface area contributed by atoms with E-state index < -0.39 is 5.79 Å². The van der Waals surface area contributed by atoms with Crippen LogP contribution in [0.25, 0.3) is 0 Å². The summed E-state index contributed by atoms with van der Waals surface area (Å²) in [5.41, 5.74) is 3.78. The molecule has 140 valence electrons. The van der Waals surface area contributed by atoms with Crippen molar-refractivity contribution in [3.63, 3.8) is 0 Å². The van der Waals surface area contributed by atoms with Gasteiger partial charge in [0, 0.05) is 0 Å². The first-order valence-electron chi connectivity index (χ1n) is 9.50. The van der Waals surface area contributed by atoms with Crippen LogP contribution in [0.5, 0.6) is 0 Å². The molecule has 0 N–H and O–H groups in total. The minimum atomic E-state index is -0.571. The fraction of sp³-hybridized carbons (Fsp3) is 0.714. The number of hydrogen-bond donors (Lipinski definition) is 0. The largest absolute Gasteiger partial charge is 0.368 e. The SMILES string of the molecule is CCC1(C)O[C@H]2O[C@H](CC(C)C)[C@H](OCc3c(C)cccc3C)[C@H]2O1. The molecule has 0 bridgehead atoms. The summed E-state index contributed by atoms with van der Waals surface area (Å²) in [5, 5.41) is 0. The van der Waals surface area contributed by atoms with Crippen molar-refractivity contribution < 1.29 is 18.9 Å². The third-order valence-corrected chi connectivity index (χ3v) is 5.43. The quantitative estimate of drug-likeness (QED) is 0.758. The molecule has 2 aliphatic heterocycles. The molecular weight excluding hydrogens is 316 g/mol. The van der Waals surface area contributed by atoms with Gasteiger partial charge in [0.15, 0.2) is 12.1 Å². The maximum absolute atomic E-state index is 6.39. The molecular formula is C21H32O4. The molecule has 0 saturated carbocycles. The molecule has 2 heterocycles. The molecule has 25 heavy (non-hydrogen) atoms. The highest BCUT2D eigenvalue weighted by Gasteiger charge is 2.56. The lowest BCUT2D eigenvalue weighted by molar-refractivity contribution is -0.230. The van der Waals surface area contributed by atoms with E-state index in [1.54, 1.807) is 0 Å². The van der Waals surface area contributed by atoms with Crippen LogP contribution in [0.1, 0.15) is 57.2 Å². The highest BCUT2D eigenvalue weighted by molar-refractivity contribution is 5.32. The van der Waals surface area contributed by atoms with Crippen molar-refractivity contribution in [1.82, 2.24) is 0 Å². The van der Waals surface area contributed by atoms with Gasteiger partial charge in [0.1, 0.15) is 12.2 Å². The third-order valence-electron chi connectivity index (χ3n) is 5.43. The Morgan fingerprint density at radius 2 is 1.84 bits per heavy atom. The Kier molecular flexibility index (Phi) is 5.54. The predicted molar refractivity (Wildman–Crippen MR) is 97.3 cm³/mol. The average Bonchev–Trinajstić information content (AvgIpc) is 3.00. The first-order valence-corrected chi connectivity index (χ1v) is 9.50. The van der Waals surface area contributed by atoms with E-state index in [1.165, 1.54) is 16.7 Å². The Morgan fingerprint density at radius 3 is 2.44 bits per heavy atom. The first-order chi connectivity index (χ1) is 11.8. The number of aryl methyl sites for hydroxylation is 2. The van der Waals surface area contributed by atoms with Crippen molar-refractivity contribution in [2.24, 2.45) is 5.92 Å². The highest BCUT2D eigenvalue weighted by Crippen LogP contribution is 2.42. The molecule has 0 aliphatic carbocycles. The van der Waals surface area contributed by atoms with Gasteiger partial charge in [0.2, 0.25) is 0 Å². The van der Waals surface area contributed by atoms with Gasteiger partial charge in [-0.3, -0.25) is 0 Å². The topological polar surface area (TPSA) is 36.9 Å².